The van der Waals surface area contributed by atoms with Crippen LogP contribution < -0.4 is 5.32 Å². The van der Waals surface area contributed by atoms with Gasteiger partial charge in [-0.15, -0.1) is 0 Å². The lowest BCUT2D eigenvalue weighted by atomic mass is 10.1. The number of nitrogens with one attached hydrogen (secondary N) is 1. The van der Waals surface area contributed by atoms with Gasteiger partial charge in [0.2, 0.25) is 5.91 Å². The molecule has 0 saturated carbocycles. The molecule has 6 nitrogen and oxygen atoms in total. The average molecular weight is 746 g/mol. The van der Waals surface area contributed by atoms with Crippen LogP contribution in [0.15, 0.2) is 36.5 Å². The first-order valence-corrected chi connectivity index (χ1v) is 22.8. The molecule has 1 amide bonds. The van der Waals surface area contributed by atoms with E-state index in [9.17, 15) is 19.8 Å². The number of hydrogen-bond acceptors (Lipinski definition) is 5. The van der Waals surface area contributed by atoms with Crippen LogP contribution in [0.1, 0.15) is 226 Å². The highest BCUT2D eigenvalue weighted by Gasteiger charge is 2.18. The normalized spacial score (nSPS) is 13.1. The number of carbonyl (C=O) groups is 2. The lowest BCUT2D eigenvalue weighted by Crippen LogP contribution is -2.45. The van der Waals surface area contributed by atoms with E-state index in [0.717, 1.165) is 64.2 Å². The van der Waals surface area contributed by atoms with Gasteiger partial charge < -0.3 is 20.3 Å². The molecule has 0 aliphatic heterocycles. The molecule has 0 radical (unpaired) electrons. The molecule has 0 aromatic rings. The molecular formula is C47H87NO5. The van der Waals surface area contributed by atoms with E-state index in [1.54, 1.807) is 6.08 Å². The van der Waals surface area contributed by atoms with E-state index in [1.165, 1.54) is 135 Å². The number of rotatable bonds is 41. The Bertz CT molecular complexity index is 869. The number of allylic oxidation sites excluding steroid dienone is 5. The van der Waals surface area contributed by atoms with Crippen molar-refractivity contribution in [1.82, 2.24) is 5.32 Å². The first-order chi connectivity index (χ1) is 26.0. The standard InChI is InChI=1S/C47H87NO5/c1-3-5-7-9-11-13-15-16-17-18-19-20-21-25-29-33-37-41-47(52)53-42-38-34-30-26-22-24-28-32-36-40-46(51)48-44(43-49)45(50)39-35-31-27-23-14-12-10-8-6-4-2/h11,13,16-17,35,39,44-45,49-50H,3-10,12,14-15,18-34,36-38,40-43H2,1-2H3,(H,48,51)/b13-11-,17-16-,39-35+. The number of carbonyl (C=O) groups excluding carboxylic acids is 2. The second kappa shape index (κ2) is 42.8. The van der Waals surface area contributed by atoms with Gasteiger partial charge in [-0.3, -0.25) is 9.59 Å². The molecule has 310 valence electrons. The first kappa shape index (κ1) is 51.1. The summed E-state index contributed by atoms with van der Waals surface area (Å²) < 4.78 is 5.44. The van der Waals surface area contributed by atoms with Gasteiger partial charge >= 0.3 is 5.97 Å². The second-order valence-corrected chi connectivity index (χ2v) is 15.4. The van der Waals surface area contributed by atoms with E-state index in [1.807, 2.05) is 6.08 Å². The van der Waals surface area contributed by atoms with E-state index >= 15 is 0 Å². The fraction of sp³-hybridized carbons (Fsp3) is 0.830. The molecule has 0 rings (SSSR count). The van der Waals surface area contributed by atoms with Crippen LogP contribution in [0.25, 0.3) is 0 Å². The first-order valence-electron chi connectivity index (χ1n) is 22.8. The maximum atomic E-state index is 12.3. The molecule has 0 aromatic heterocycles. The Morgan fingerprint density at radius 2 is 0.943 bits per heavy atom. The van der Waals surface area contributed by atoms with Crippen LogP contribution in [0.3, 0.4) is 0 Å². The predicted octanol–water partition coefficient (Wildman–Crippen LogP) is 12.9. The van der Waals surface area contributed by atoms with Gasteiger partial charge in [-0.25, -0.2) is 0 Å². The Morgan fingerprint density at radius 3 is 1.47 bits per heavy atom. The summed E-state index contributed by atoms with van der Waals surface area (Å²) in [5.74, 6) is -0.136. The Hall–Kier alpha value is -1.92. The smallest absolute Gasteiger partial charge is 0.305 e. The quantitative estimate of drug-likeness (QED) is 0.0329. The minimum atomic E-state index is -0.860. The molecule has 0 fully saturated rings. The number of aliphatic hydroxyl groups is 2. The van der Waals surface area contributed by atoms with Crippen molar-refractivity contribution in [1.29, 1.82) is 0 Å². The molecule has 6 heteroatoms. The van der Waals surface area contributed by atoms with Crippen LogP contribution in [0.4, 0.5) is 0 Å². The predicted molar refractivity (Wildman–Crippen MR) is 227 cm³/mol. The summed E-state index contributed by atoms with van der Waals surface area (Å²) in [4.78, 5) is 24.4. The van der Waals surface area contributed by atoms with Gasteiger partial charge in [-0.2, -0.15) is 0 Å². The lowest BCUT2D eigenvalue weighted by molar-refractivity contribution is -0.143. The van der Waals surface area contributed by atoms with Crippen LogP contribution in [0, 0.1) is 0 Å². The Morgan fingerprint density at radius 1 is 0.528 bits per heavy atom. The molecule has 2 unspecified atom stereocenters. The third kappa shape index (κ3) is 39.6. The highest BCUT2D eigenvalue weighted by Crippen LogP contribution is 2.14. The van der Waals surface area contributed by atoms with Crippen molar-refractivity contribution in [2.45, 2.75) is 238 Å². The summed E-state index contributed by atoms with van der Waals surface area (Å²) >= 11 is 0. The van der Waals surface area contributed by atoms with E-state index < -0.39 is 12.1 Å². The largest absolute Gasteiger partial charge is 0.466 e. The molecule has 0 aliphatic rings. The highest BCUT2D eigenvalue weighted by molar-refractivity contribution is 5.76. The molecule has 0 aromatic carbocycles. The van der Waals surface area contributed by atoms with E-state index in [-0.39, 0.29) is 18.5 Å². The van der Waals surface area contributed by atoms with Gasteiger partial charge in [0.1, 0.15) is 0 Å². The molecule has 2 atom stereocenters. The summed E-state index contributed by atoms with van der Waals surface area (Å²) in [6.45, 7) is 4.77. The molecule has 0 heterocycles. The zero-order chi connectivity index (χ0) is 38.7. The van der Waals surface area contributed by atoms with Crippen molar-refractivity contribution in [2.75, 3.05) is 13.2 Å². The van der Waals surface area contributed by atoms with Crippen molar-refractivity contribution in [3.8, 4) is 0 Å². The zero-order valence-corrected chi connectivity index (χ0v) is 35.0. The maximum Gasteiger partial charge on any atom is 0.305 e. The number of esters is 1. The number of hydrogen-bond donors (Lipinski definition) is 3. The number of amides is 1. The fourth-order valence-corrected chi connectivity index (χ4v) is 6.60. The van der Waals surface area contributed by atoms with Crippen LogP contribution in [-0.4, -0.2) is 47.4 Å². The van der Waals surface area contributed by atoms with Crippen LogP contribution >= 0.6 is 0 Å². The molecule has 53 heavy (non-hydrogen) atoms. The SMILES string of the molecule is CCCCC/C=C\C/C=C\CCCCCCCCCC(=O)OCCCCCCCCCCCC(=O)NC(CO)C(O)/C=C/CCCCCCCCCC. The lowest BCUT2D eigenvalue weighted by Gasteiger charge is -2.20. The summed E-state index contributed by atoms with van der Waals surface area (Å²) in [5, 5.41) is 22.9. The minimum absolute atomic E-state index is 0.0366. The Labute approximate surface area is 328 Å². The summed E-state index contributed by atoms with van der Waals surface area (Å²) in [7, 11) is 0. The van der Waals surface area contributed by atoms with E-state index in [4.69, 9.17) is 4.74 Å². The van der Waals surface area contributed by atoms with Crippen LogP contribution in [0.5, 0.6) is 0 Å². The number of aliphatic hydroxyl groups excluding tert-OH is 2. The third-order valence-electron chi connectivity index (χ3n) is 10.2. The summed E-state index contributed by atoms with van der Waals surface area (Å²) in [6.07, 6.45) is 49.8. The van der Waals surface area contributed by atoms with Crippen molar-refractivity contribution >= 4 is 11.9 Å². The molecular weight excluding hydrogens is 659 g/mol. The fourth-order valence-electron chi connectivity index (χ4n) is 6.60. The maximum absolute atomic E-state index is 12.3. The van der Waals surface area contributed by atoms with Gasteiger partial charge in [0.25, 0.3) is 0 Å². The summed E-state index contributed by atoms with van der Waals surface area (Å²) in [5.41, 5.74) is 0. The number of ether oxygens (including phenoxy) is 1. The van der Waals surface area contributed by atoms with Crippen molar-refractivity contribution in [3.63, 3.8) is 0 Å². The monoisotopic (exact) mass is 746 g/mol. The molecule has 0 spiro atoms. The Kier molecular flexibility index (Phi) is 41.3. The van der Waals surface area contributed by atoms with Crippen LogP contribution in [0.2, 0.25) is 0 Å². The van der Waals surface area contributed by atoms with E-state index in [0.29, 0.717) is 19.4 Å². The average Bonchev–Trinajstić information content (AvgIpc) is 3.16. The van der Waals surface area contributed by atoms with Crippen molar-refractivity contribution in [3.05, 3.63) is 36.5 Å². The topological polar surface area (TPSA) is 95.9 Å². The Balaban J connectivity index is 3.52. The van der Waals surface area contributed by atoms with Crippen LogP contribution in [-0.2, 0) is 14.3 Å². The molecule has 0 bridgehead atoms. The van der Waals surface area contributed by atoms with Crippen molar-refractivity contribution < 1.29 is 24.5 Å². The molecule has 0 saturated heterocycles. The highest BCUT2D eigenvalue weighted by atomic mass is 16.5. The molecule has 0 aliphatic carbocycles. The third-order valence-corrected chi connectivity index (χ3v) is 10.2. The van der Waals surface area contributed by atoms with Gasteiger partial charge in [-0.05, 0) is 64.2 Å². The number of unbranched alkanes of at least 4 members (excludes halogenated alkanes) is 26. The van der Waals surface area contributed by atoms with Gasteiger partial charge in [0.05, 0.1) is 25.4 Å². The molecule has 3 N–H and O–H groups in total. The minimum Gasteiger partial charge on any atom is -0.466 e. The van der Waals surface area contributed by atoms with Gasteiger partial charge in [0, 0.05) is 12.8 Å². The summed E-state index contributed by atoms with van der Waals surface area (Å²) in [6, 6.07) is -0.647. The zero-order valence-electron chi connectivity index (χ0n) is 35.0. The van der Waals surface area contributed by atoms with Gasteiger partial charge in [0.15, 0.2) is 0 Å². The van der Waals surface area contributed by atoms with E-state index in [2.05, 4.69) is 43.5 Å². The second-order valence-electron chi connectivity index (χ2n) is 15.4. The van der Waals surface area contributed by atoms with Gasteiger partial charge in [-0.1, -0.05) is 185 Å². The van der Waals surface area contributed by atoms with Crippen molar-refractivity contribution in [2.24, 2.45) is 0 Å².